The predicted octanol–water partition coefficient (Wildman–Crippen LogP) is 0.752. The summed E-state index contributed by atoms with van der Waals surface area (Å²) in [6, 6.07) is 0. The van der Waals surface area contributed by atoms with E-state index in [0.717, 1.165) is 6.42 Å². The van der Waals surface area contributed by atoms with Gasteiger partial charge in [0.25, 0.3) is 0 Å². The molecule has 1 aromatic rings. The Labute approximate surface area is 126 Å². The van der Waals surface area contributed by atoms with E-state index in [1.807, 2.05) is 4.90 Å². The van der Waals surface area contributed by atoms with Crippen molar-refractivity contribution in [3.8, 4) is 0 Å². The fourth-order valence-electron chi connectivity index (χ4n) is 2.33. The number of hydrogen-bond donors (Lipinski definition) is 1. The van der Waals surface area contributed by atoms with Gasteiger partial charge in [0.05, 0.1) is 13.2 Å². The molecule has 1 fully saturated rings. The van der Waals surface area contributed by atoms with Gasteiger partial charge in [-0.2, -0.15) is 5.10 Å². The fourth-order valence-corrected chi connectivity index (χ4v) is 3.32. The first kappa shape index (κ1) is 16.1. The first-order valence-electron chi connectivity index (χ1n) is 7.19. The minimum Gasteiger partial charge on any atom is -0.383 e. The maximum absolute atomic E-state index is 12.1. The van der Waals surface area contributed by atoms with Gasteiger partial charge in [-0.15, -0.1) is 0 Å². The van der Waals surface area contributed by atoms with E-state index in [9.17, 15) is 8.42 Å². The number of morpholine rings is 1. The quantitative estimate of drug-likeness (QED) is 0.862. The number of nitrogens with zero attached hydrogens (tertiary/aromatic N) is 3. The molecule has 1 aliphatic rings. The Morgan fingerprint density at radius 3 is 2.48 bits per heavy atom. The molecule has 21 heavy (non-hydrogen) atoms. The minimum absolute atomic E-state index is 0.146. The molecule has 1 aliphatic heterocycles. The second-order valence-electron chi connectivity index (χ2n) is 5.82. The minimum atomic E-state index is -3.42. The molecule has 0 saturated carbocycles. The Morgan fingerprint density at radius 1 is 1.33 bits per heavy atom. The molecule has 7 nitrogen and oxygen atoms in total. The van der Waals surface area contributed by atoms with Gasteiger partial charge >= 0.3 is 0 Å². The Morgan fingerprint density at radius 2 is 1.95 bits per heavy atom. The highest BCUT2D eigenvalue weighted by molar-refractivity contribution is 7.91. The molecule has 0 atom stereocenters. The van der Waals surface area contributed by atoms with E-state index in [-0.39, 0.29) is 10.7 Å². The summed E-state index contributed by atoms with van der Waals surface area (Å²) in [4.78, 5) is 2.08. The van der Waals surface area contributed by atoms with Crippen LogP contribution in [0, 0.1) is 5.92 Å². The molecule has 1 saturated heterocycles. The van der Waals surface area contributed by atoms with Crippen LogP contribution in [0.25, 0.3) is 0 Å². The second kappa shape index (κ2) is 6.23. The zero-order valence-corrected chi connectivity index (χ0v) is 13.7. The van der Waals surface area contributed by atoms with Crippen LogP contribution in [0.4, 0.5) is 11.6 Å². The molecule has 2 N–H and O–H groups in total. The van der Waals surface area contributed by atoms with Gasteiger partial charge in [0.2, 0.25) is 0 Å². The average molecular weight is 316 g/mol. The van der Waals surface area contributed by atoms with Crippen LogP contribution in [0.2, 0.25) is 0 Å². The van der Waals surface area contributed by atoms with Gasteiger partial charge in [-0.1, -0.05) is 13.8 Å². The van der Waals surface area contributed by atoms with E-state index in [0.29, 0.717) is 44.6 Å². The average Bonchev–Trinajstić information content (AvgIpc) is 2.74. The summed E-state index contributed by atoms with van der Waals surface area (Å²) in [5.74, 6) is 1.20. The number of nitrogens with two attached hydrogens (primary N) is 1. The summed E-state index contributed by atoms with van der Waals surface area (Å²) >= 11 is 0. The molecule has 8 heteroatoms. The molecule has 120 valence electrons. The highest BCUT2D eigenvalue weighted by Gasteiger charge is 2.28. The van der Waals surface area contributed by atoms with Crippen molar-refractivity contribution in [3.63, 3.8) is 0 Å². The highest BCUT2D eigenvalue weighted by Crippen LogP contribution is 2.31. The number of aryl methyl sites for hydroxylation is 1. The monoisotopic (exact) mass is 316 g/mol. The van der Waals surface area contributed by atoms with E-state index in [2.05, 4.69) is 18.9 Å². The van der Waals surface area contributed by atoms with Crippen LogP contribution < -0.4 is 10.6 Å². The summed E-state index contributed by atoms with van der Waals surface area (Å²) in [6.45, 7) is 7.24. The Hall–Kier alpha value is -1.28. The van der Waals surface area contributed by atoms with Gasteiger partial charge in [0, 0.05) is 25.9 Å². The number of sulfone groups is 1. The summed E-state index contributed by atoms with van der Waals surface area (Å²) in [5.41, 5.74) is 6.05. The van der Waals surface area contributed by atoms with Crippen LogP contribution in [0.3, 0.4) is 0 Å². The number of anilines is 2. The topological polar surface area (TPSA) is 90.5 Å². The molecule has 2 heterocycles. The second-order valence-corrected chi connectivity index (χ2v) is 7.77. The largest absolute Gasteiger partial charge is 0.383 e. The number of nitrogen functional groups attached to an aromatic ring is 1. The van der Waals surface area contributed by atoms with Crippen molar-refractivity contribution in [1.82, 2.24) is 9.78 Å². The van der Waals surface area contributed by atoms with Crippen molar-refractivity contribution in [3.05, 3.63) is 0 Å². The number of aromatic nitrogens is 2. The lowest BCUT2D eigenvalue weighted by Gasteiger charge is -2.27. The van der Waals surface area contributed by atoms with Crippen LogP contribution in [-0.2, 0) is 21.1 Å². The molecular weight excluding hydrogens is 292 g/mol. The molecule has 0 aliphatic carbocycles. The van der Waals surface area contributed by atoms with Crippen molar-refractivity contribution in [2.45, 2.75) is 31.7 Å². The van der Waals surface area contributed by atoms with E-state index in [4.69, 9.17) is 10.5 Å². The first-order chi connectivity index (χ1) is 9.80. The van der Waals surface area contributed by atoms with Gasteiger partial charge in [0.1, 0.15) is 5.82 Å². The molecule has 0 aromatic carbocycles. The molecule has 0 radical (unpaired) electrons. The van der Waals surface area contributed by atoms with Crippen molar-refractivity contribution in [2.24, 2.45) is 5.92 Å². The first-order valence-corrected chi connectivity index (χ1v) is 9.09. The zero-order chi connectivity index (χ0) is 15.6. The van der Waals surface area contributed by atoms with Crippen molar-refractivity contribution >= 4 is 21.5 Å². The van der Waals surface area contributed by atoms with Crippen LogP contribution in [-0.4, -0.2) is 50.8 Å². The lowest BCUT2D eigenvalue weighted by atomic mass is 10.1. The Bertz CT molecular complexity index is 589. The van der Waals surface area contributed by atoms with E-state index in [1.54, 1.807) is 4.68 Å². The number of hydrogen-bond acceptors (Lipinski definition) is 6. The van der Waals surface area contributed by atoms with Crippen LogP contribution >= 0.6 is 0 Å². The standard InChI is InChI=1S/C13H24N4O3S/c1-10(2)4-5-17-12(14)11(21(3,18)19)13(15-17)16-6-8-20-9-7-16/h10H,4-9,14H2,1-3H3. The fraction of sp³-hybridized carbons (Fsp3) is 0.769. The molecule has 0 bridgehead atoms. The van der Waals surface area contributed by atoms with E-state index >= 15 is 0 Å². The normalized spacial score (nSPS) is 16.7. The lowest BCUT2D eigenvalue weighted by molar-refractivity contribution is 0.122. The summed E-state index contributed by atoms with van der Waals surface area (Å²) in [6.07, 6.45) is 2.08. The van der Waals surface area contributed by atoms with Crippen LogP contribution in [0.15, 0.2) is 4.90 Å². The number of rotatable bonds is 5. The van der Waals surface area contributed by atoms with Crippen LogP contribution in [0.5, 0.6) is 0 Å². The molecule has 2 rings (SSSR count). The summed E-state index contributed by atoms with van der Waals surface area (Å²) in [5, 5.41) is 4.45. The van der Waals surface area contributed by atoms with Gasteiger partial charge in [-0.3, -0.25) is 0 Å². The van der Waals surface area contributed by atoms with Gasteiger partial charge < -0.3 is 15.4 Å². The smallest absolute Gasteiger partial charge is 0.182 e. The van der Waals surface area contributed by atoms with Crippen molar-refractivity contribution < 1.29 is 13.2 Å². The summed E-state index contributed by atoms with van der Waals surface area (Å²) < 4.78 is 31.1. The van der Waals surface area contributed by atoms with Gasteiger partial charge in [0.15, 0.2) is 20.6 Å². The Balaban J connectivity index is 2.39. The number of ether oxygens (including phenoxy) is 1. The molecule has 0 unspecified atom stereocenters. The lowest BCUT2D eigenvalue weighted by Crippen LogP contribution is -2.37. The third-order valence-corrected chi connectivity index (χ3v) is 4.66. The Kier molecular flexibility index (Phi) is 4.77. The SMILES string of the molecule is CC(C)CCn1nc(N2CCOCC2)c(S(C)(=O)=O)c1N. The molecule has 0 amide bonds. The maximum Gasteiger partial charge on any atom is 0.182 e. The van der Waals surface area contributed by atoms with Gasteiger partial charge in [-0.05, 0) is 12.3 Å². The third kappa shape index (κ3) is 3.68. The zero-order valence-electron chi connectivity index (χ0n) is 12.9. The maximum atomic E-state index is 12.1. The molecule has 1 aromatic heterocycles. The molecule has 0 spiro atoms. The van der Waals surface area contributed by atoms with E-state index in [1.165, 1.54) is 6.26 Å². The third-order valence-electron chi connectivity index (χ3n) is 3.53. The van der Waals surface area contributed by atoms with Crippen molar-refractivity contribution in [2.75, 3.05) is 43.2 Å². The van der Waals surface area contributed by atoms with Crippen LogP contribution in [0.1, 0.15) is 20.3 Å². The highest BCUT2D eigenvalue weighted by atomic mass is 32.2. The van der Waals surface area contributed by atoms with Crippen molar-refractivity contribution in [1.29, 1.82) is 0 Å². The van der Waals surface area contributed by atoms with Gasteiger partial charge in [-0.25, -0.2) is 13.1 Å². The van der Waals surface area contributed by atoms with E-state index < -0.39 is 9.84 Å². The predicted molar refractivity (Wildman–Crippen MR) is 82.2 cm³/mol. The molecular formula is C13H24N4O3S. The summed E-state index contributed by atoms with van der Waals surface area (Å²) in [7, 11) is -3.42.